The monoisotopic (exact) mass is 332 g/mol. The predicted molar refractivity (Wildman–Crippen MR) is 86.8 cm³/mol. The van der Waals surface area contributed by atoms with Gasteiger partial charge in [-0.2, -0.15) is 5.10 Å². The Hall–Kier alpha value is -3.07. The highest BCUT2D eigenvalue weighted by Gasteiger charge is 2.08. The highest BCUT2D eigenvalue weighted by atomic mass is 32.1. The van der Waals surface area contributed by atoms with Crippen LogP contribution in [0.4, 0.5) is 10.7 Å². The number of nitrogens with zero attached hydrogens (tertiary/aromatic N) is 2. The largest absolute Gasteiger partial charge is 0.326 e. The van der Waals surface area contributed by atoms with Gasteiger partial charge in [0.25, 0.3) is 5.91 Å². The van der Waals surface area contributed by atoms with Gasteiger partial charge in [-0.3, -0.25) is 19.7 Å². The van der Waals surface area contributed by atoms with Crippen molar-refractivity contribution in [2.75, 3.05) is 5.32 Å². The van der Waals surface area contributed by atoms with E-state index in [0.717, 1.165) is 11.3 Å². The van der Waals surface area contributed by atoms with Gasteiger partial charge in [-0.25, -0.2) is 5.43 Å². The van der Waals surface area contributed by atoms with Crippen molar-refractivity contribution in [1.29, 1.82) is 0 Å². The van der Waals surface area contributed by atoms with Crippen molar-refractivity contribution in [2.24, 2.45) is 5.10 Å². The fourth-order valence-electron chi connectivity index (χ4n) is 1.64. The number of nitrogens with one attached hydrogen (secondary N) is 2. The Balaban J connectivity index is 1.94. The van der Waals surface area contributed by atoms with E-state index in [0.29, 0.717) is 16.1 Å². The van der Waals surface area contributed by atoms with Crippen LogP contribution in [0.2, 0.25) is 0 Å². The van der Waals surface area contributed by atoms with Crippen LogP contribution in [0, 0.1) is 10.1 Å². The van der Waals surface area contributed by atoms with E-state index >= 15 is 0 Å². The van der Waals surface area contributed by atoms with Gasteiger partial charge in [-0.1, -0.05) is 11.3 Å². The average molecular weight is 332 g/mol. The molecule has 2 aromatic rings. The van der Waals surface area contributed by atoms with Gasteiger partial charge in [-0.05, 0) is 30.3 Å². The smallest absolute Gasteiger partial charge is 0.324 e. The zero-order valence-electron chi connectivity index (χ0n) is 12.0. The molecule has 0 bridgehead atoms. The van der Waals surface area contributed by atoms with E-state index in [4.69, 9.17) is 0 Å². The van der Waals surface area contributed by atoms with Crippen LogP contribution in [0.25, 0.3) is 0 Å². The molecule has 0 saturated carbocycles. The molecule has 0 aliphatic rings. The van der Waals surface area contributed by atoms with Gasteiger partial charge >= 0.3 is 5.00 Å². The molecule has 0 saturated heterocycles. The van der Waals surface area contributed by atoms with E-state index in [1.165, 1.54) is 19.2 Å². The number of rotatable bonds is 5. The van der Waals surface area contributed by atoms with Crippen molar-refractivity contribution in [3.63, 3.8) is 0 Å². The molecule has 23 heavy (non-hydrogen) atoms. The fraction of sp³-hybridized carbons (Fsp3) is 0.0714. The van der Waals surface area contributed by atoms with Gasteiger partial charge in [0.2, 0.25) is 5.91 Å². The number of hydrazone groups is 1. The molecule has 0 aliphatic heterocycles. The summed E-state index contributed by atoms with van der Waals surface area (Å²) in [5, 5.41) is 16.9. The van der Waals surface area contributed by atoms with E-state index in [2.05, 4.69) is 15.8 Å². The molecule has 9 heteroatoms. The standard InChI is InChI=1S/C14H12N4O4S/c1-9(19)16-11-4-2-10(3-5-11)14(20)17-15-8-12-6-7-13(23-12)18(21)22/h2-8H,1H3,(H,16,19)(H,17,20)/b15-8+. The quantitative estimate of drug-likeness (QED) is 0.497. The van der Waals surface area contributed by atoms with Gasteiger partial charge in [0.05, 0.1) is 16.0 Å². The van der Waals surface area contributed by atoms with E-state index in [1.54, 1.807) is 30.3 Å². The molecular formula is C14H12N4O4S. The lowest BCUT2D eigenvalue weighted by molar-refractivity contribution is -0.380. The number of amides is 2. The number of hydrogen-bond acceptors (Lipinski definition) is 6. The second-order valence-corrected chi connectivity index (χ2v) is 5.48. The number of benzene rings is 1. The maximum absolute atomic E-state index is 11.9. The van der Waals surface area contributed by atoms with Crippen molar-refractivity contribution < 1.29 is 14.5 Å². The molecule has 0 spiro atoms. The van der Waals surface area contributed by atoms with E-state index in [1.807, 2.05) is 0 Å². The van der Waals surface area contributed by atoms with Crippen LogP contribution < -0.4 is 10.7 Å². The summed E-state index contributed by atoms with van der Waals surface area (Å²) >= 11 is 0.956. The molecule has 0 aliphatic carbocycles. The molecule has 2 amide bonds. The van der Waals surface area contributed by atoms with Crippen LogP contribution in [0.15, 0.2) is 41.5 Å². The summed E-state index contributed by atoms with van der Waals surface area (Å²) in [5.41, 5.74) is 3.28. The maximum Gasteiger partial charge on any atom is 0.324 e. The molecule has 0 unspecified atom stereocenters. The first kappa shape index (κ1) is 16.3. The van der Waals surface area contributed by atoms with Gasteiger partial charge in [0, 0.05) is 24.2 Å². The topological polar surface area (TPSA) is 114 Å². The average Bonchev–Trinajstić information content (AvgIpc) is 2.96. The Kier molecular flexibility index (Phi) is 5.15. The summed E-state index contributed by atoms with van der Waals surface area (Å²) in [7, 11) is 0. The number of carbonyl (C=O) groups is 2. The molecular weight excluding hydrogens is 320 g/mol. The zero-order chi connectivity index (χ0) is 16.8. The first-order chi connectivity index (χ1) is 11.0. The number of hydrogen-bond donors (Lipinski definition) is 2. The third-order valence-electron chi connectivity index (χ3n) is 2.62. The SMILES string of the molecule is CC(=O)Nc1ccc(C(=O)N/N=C/c2ccc([N+](=O)[O-])s2)cc1. The lowest BCUT2D eigenvalue weighted by atomic mass is 10.2. The molecule has 1 heterocycles. The van der Waals surface area contributed by atoms with Crippen molar-refractivity contribution >= 4 is 40.1 Å². The molecule has 1 aromatic heterocycles. The van der Waals surface area contributed by atoms with Gasteiger partial charge < -0.3 is 5.32 Å². The van der Waals surface area contributed by atoms with Crippen LogP contribution >= 0.6 is 11.3 Å². The molecule has 118 valence electrons. The van der Waals surface area contributed by atoms with Gasteiger partial charge in [0.15, 0.2) is 0 Å². The molecule has 0 atom stereocenters. The minimum absolute atomic E-state index is 0.00587. The number of thiophene rings is 1. The Labute approximate surface area is 135 Å². The number of carbonyl (C=O) groups excluding carboxylic acids is 2. The second kappa shape index (κ2) is 7.27. The normalized spacial score (nSPS) is 10.5. The van der Waals surface area contributed by atoms with Crippen LogP contribution in [-0.4, -0.2) is 23.0 Å². The Morgan fingerprint density at radius 2 is 1.91 bits per heavy atom. The molecule has 8 nitrogen and oxygen atoms in total. The minimum Gasteiger partial charge on any atom is -0.326 e. The minimum atomic E-state index is -0.489. The third kappa shape index (κ3) is 4.71. The Bertz CT molecular complexity index is 767. The summed E-state index contributed by atoms with van der Waals surface area (Å²) in [6, 6.07) is 9.21. The number of anilines is 1. The lowest BCUT2D eigenvalue weighted by Gasteiger charge is -2.03. The molecule has 0 fully saturated rings. The highest BCUT2D eigenvalue weighted by Crippen LogP contribution is 2.22. The van der Waals surface area contributed by atoms with Crippen LogP contribution in [0.1, 0.15) is 22.2 Å². The summed E-state index contributed by atoms with van der Waals surface area (Å²) in [4.78, 5) is 33.4. The first-order valence-electron chi connectivity index (χ1n) is 6.41. The van der Waals surface area contributed by atoms with Crippen molar-refractivity contribution in [3.8, 4) is 0 Å². The number of nitro groups is 1. The molecule has 0 radical (unpaired) electrons. The maximum atomic E-state index is 11.9. The fourth-order valence-corrected chi connectivity index (χ4v) is 2.33. The molecule has 1 aromatic carbocycles. The molecule has 2 rings (SSSR count). The van der Waals surface area contributed by atoms with Crippen LogP contribution in [-0.2, 0) is 4.79 Å². The zero-order valence-corrected chi connectivity index (χ0v) is 12.8. The summed E-state index contributed by atoms with van der Waals surface area (Å²) < 4.78 is 0. The van der Waals surface area contributed by atoms with E-state index in [9.17, 15) is 19.7 Å². The lowest BCUT2D eigenvalue weighted by Crippen LogP contribution is -2.17. The Morgan fingerprint density at radius 3 is 2.48 bits per heavy atom. The van der Waals surface area contributed by atoms with Crippen LogP contribution in [0.3, 0.4) is 0 Å². The summed E-state index contributed by atoms with van der Waals surface area (Å²) in [6.07, 6.45) is 1.33. The van der Waals surface area contributed by atoms with Crippen molar-refractivity contribution in [1.82, 2.24) is 5.43 Å². The molecule has 2 N–H and O–H groups in total. The summed E-state index contributed by atoms with van der Waals surface area (Å²) in [5.74, 6) is -0.626. The van der Waals surface area contributed by atoms with Crippen molar-refractivity contribution in [2.45, 2.75) is 6.92 Å². The van der Waals surface area contributed by atoms with Crippen LogP contribution in [0.5, 0.6) is 0 Å². The highest BCUT2D eigenvalue weighted by molar-refractivity contribution is 7.16. The Morgan fingerprint density at radius 1 is 1.22 bits per heavy atom. The first-order valence-corrected chi connectivity index (χ1v) is 7.22. The third-order valence-corrected chi connectivity index (χ3v) is 3.59. The predicted octanol–water partition coefficient (Wildman–Crippen LogP) is 2.38. The van der Waals surface area contributed by atoms with Gasteiger partial charge in [0.1, 0.15) is 0 Å². The second-order valence-electron chi connectivity index (χ2n) is 4.39. The van der Waals surface area contributed by atoms with Crippen molar-refractivity contribution in [3.05, 3.63) is 57.0 Å². The van der Waals surface area contributed by atoms with Gasteiger partial charge in [-0.15, -0.1) is 0 Å². The summed E-state index contributed by atoms with van der Waals surface area (Å²) in [6.45, 7) is 1.39. The van der Waals surface area contributed by atoms with E-state index in [-0.39, 0.29) is 10.9 Å². The van der Waals surface area contributed by atoms with E-state index < -0.39 is 10.8 Å².